The summed E-state index contributed by atoms with van der Waals surface area (Å²) in [6.07, 6.45) is 4.25. The maximum atomic E-state index is 5.31. The fourth-order valence-electron chi connectivity index (χ4n) is 2.38. The average molecular weight is 358 g/mol. The second-order valence-electron chi connectivity index (χ2n) is 5.81. The van der Waals surface area contributed by atoms with Crippen molar-refractivity contribution in [3.05, 3.63) is 41.5 Å². The van der Waals surface area contributed by atoms with Crippen LogP contribution in [0.3, 0.4) is 0 Å². The Kier molecular flexibility index (Phi) is 5.80. The lowest BCUT2D eigenvalue weighted by atomic mass is 10.1. The Labute approximate surface area is 151 Å². The number of benzene rings is 1. The van der Waals surface area contributed by atoms with Crippen LogP contribution >= 0.6 is 11.8 Å². The number of aromatic nitrogens is 6. The largest absolute Gasteiger partial charge is 0.338 e. The van der Waals surface area contributed by atoms with Crippen molar-refractivity contribution in [2.24, 2.45) is 0 Å². The van der Waals surface area contributed by atoms with Crippen LogP contribution in [0.4, 0.5) is 0 Å². The minimum absolute atomic E-state index is 0.0265. The summed E-state index contributed by atoms with van der Waals surface area (Å²) in [6.45, 7) is 6.20. The summed E-state index contributed by atoms with van der Waals surface area (Å²) >= 11 is 1.50. The van der Waals surface area contributed by atoms with Gasteiger partial charge in [-0.1, -0.05) is 49.3 Å². The molecule has 2 aromatic heterocycles. The Hall–Kier alpha value is -2.22. The predicted molar refractivity (Wildman–Crippen MR) is 95.7 cm³/mol. The summed E-state index contributed by atoms with van der Waals surface area (Å²) in [6, 6.07) is 8.38. The quantitative estimate of drug-likeness (QED) is 0.566. The molecule has 3 rings (SSSR count). The van der Waals surface area contributed by atoms with Gasteiger partial charge in [0.2, 0.25) is 11.0 Å². The van der Waals surface area contributed by atoms with Crippen molar-refractivity contribution in [1.29, 1.82) is 0 Å². The van der Waals surface area contributed by atoms with Crippen LogP contribution in [-0.4, -0.2) is 30.3 Å². The summed E-state index contributed by atoms with van der Waals surface area (Å²) in [5.74, 6) is 1.30. The molecule has 25 heavy (non-hydrogen) atoms. The topological polar surface area (TPSA) is 82.5 Å². The molecule has 7 nitrogen and oxygen atoms in total. The number of hydrogen-bond donors (Lipinski definition) is 0. The highest BCUT2D eigenvalue weighted by Gasteiger charge is 2.19. The third-order valence-corrected chi connectivity index (χ3v) is 4.89. The maximum absolute atomic E-state index is 5.31. The number of tetrazole rings is 1. The van der Waals surface area contributed by atoms with Crippen molar-refractivity contribution in [1.82, 2.24) is 30.3 Å². The summed E-state index contributed by atoms with van der Waals surface area (Å²) in [7, 11) is 0. The van der Waals surface area contributed by atoms with Gasteiger partial charge in [-0.05, 0) is 47.9 Å². The van der Waals surface area contributed by atoms with E-state index in [0.29, 0.717) is 16.9 Å². The van der Waals surface area contributed by atoms with Crippen LogP contribution in [-0.2, 0) is 12.8 Å². The lowest BCUT2D eigenvalue weighted by Gasteiger charge is -2.08. The molecule has 0 radical (unpaired) electrons. The molecule has 0 aliphatic rings. The van der Waals surface area contributed by atoms with Gasteiger partial charge in [-0.2, -0.15) is 9.67 Å². The van der Waals surface area contributed by atoms with Crippen LogP contribution in [0, 0.1) is 0 Å². The lowest BCUT2D eigenvalue weighted by molar-refractivity contribution is 0.375. The Balaban J connectivity index is 1.73. The number of rotatable bonds is 8. The van der Waals surface area contributed by atoms with Crippen LogP contribution in [0.1, 0.15) is 56.1 Å². The maximum Gasteiger partial charge on any atom is 0.239 e. The fourth-order valence-corrected chi connectivity index (χ4v) is 3.22. The van der Waals surface area contributed by atoms with E-state index in [1.54, 1.807) is 4.68 Å². The molecule has 0 saturated carbocycles. The van der Waals surface area contributed by atoms with E-state index in [1.165, 1.54) is 30.2 Å². The first-order chi connectivity index (χ1) is 12.2. The predicted octanol–water partition coefficient (Wildman–Crippen LogP) is 3.80. The zero-order valence-corrected chi connectivity index (χ0v) is 15.5. The molecule has 0 N–H and O–H groups in total. The van der Waals surface area contributed by atoms with Crippen molar-refractivity contribution in [3.63, 3.8) is 0 Å². The SMILES string of the molecule is CCCCc1ccc(-n2nnnc2SC(C)c2nc(CC)no2)cc1. The smallest absolute Gasteiger partial charge is 0.239 e. The fraction of sp³-hybridized carbons (Fsp3) is 0.471. The van der Waals surface area contributed by atoms with Crippen LogP contribution < -0.4 is 0 Å². The standard InChI is InChI=1S/C17H22N6OS/c1-4-6-7-13-8-10-14(11-9-13)23-17(19-21-22-23)25-12(3)16-18-15(5-2)20-24-16/h8-12H,4-7H2,1-3H3. The number of thioether (sulfide) groups is 1. The molecule has 1 atom stereocenters. The van der Waals surface area contributed by atoms with E-state index in [4.69, 9.17) is 4.52 Å². The molecule has 0 aliphatic heterocycles. The molecule has 0 fully saturated rings. The monoisotopic (exact) mass is 358 g/mol. The van der Waals surface area contributed by atoms with Crippen LogP contribution in [0.5, 0.6) is 0 Å². The molecule has 3 aromatic rings. The van der Waals surface area contributed by atoms with E-state index >= 15 is 0 Å². The van der Waals surface area contributed by atoms with Gasteiger partial charge in [0.25, 0.3) is 0 Å². The number of hydrogen-bond acceptors (Lipinski definition) is 7. The highest BCUT2D eigenvalue weighted by Crippen LogP contribution is 2.33. The third-order valence-electron chi connectivity index (χ3n) is 3.87. The average Bonchev–Trinajstić information content (AvgIpc) is 3.29. The number of aryl methyl sites for hydroxylation is 2. The van der Waals surface area contributed by atoms with E-state index in [1.807, 2.05) is 13.8 Å². The van der Waals surface area contributed by atoms with E-state index in [-0.39, 0.29) is 5.25 Å². The van der Waals surface area contributed by atoms with Gasteiger partial charge in [-0.3, -0.25) is 0 Å². The van der Waals surface area contributed by atoms with Crippen molar-refractivity contribution >= 4 is 11.8 Å². The van der Waals surface area contributed by atoms with Gasteiger partial charge in [0.1, 0.15) is 0 Å². The summed E-state index contributed by atoms with van der Waals surface area (Å²) < 4.78 is 7.04. The van der Waals surface area contributed by atoms with Crippen LogP contribution in [0.15, 0.2) is 33.9 Å². The molecule has 0 aliphatic carbocycles. The van der Waals surface area contributed by atoms with Crippen LogP contribution in [0.2, 0.25) is 0 Å². The first-order valence-electron chi connectivity index (χ1n) is 8.58. The third kappa shape index (κ3) is 4.25. The first-order valence-corrected chi connectivity index (χ1v) is 9.46. The molecular formula is C17H22N6OS. The summed E-state index contributed by atoms with van der Waals surface area (Å²) in [5.41, 5.74) is 2.28. The number of nitrogens with zero attached hydrogens (tertiary/aromatic N) is 6. The Morgan fingerprint density at radius 2 is 2.00 bits per heavy atom. The molecule has 0 bridgehead atoms. The second kappa shape index (κ2) is 8.24. The molecule has 2 heterocycles. The second-order valence-corrected chi connectivity index (χ2v) is 7.11. The van der Waals surface area contributed by atoms with Crippen molar-refractivity contribution in [2.45, 2.75) is 56.9 Å². The van der Waals surface area contributed by atoms with Gasteiger partial charge in [0, 0.05) is 6.42 Å². The zero-order valence-electron chi connectivity index (χ0n) is 14.7. The summed E-state index contributed by atoms with van der Waals surface area (Å²) in [4.78, 5) is 4.38. The molecule has 8 heteroatoms. The lowest BCUT2D eigenvalue weighted by Crippen LogP contribution is -2.01. The van der Waals surface area contributed by atoms with Crippen molar-refractivity contribution in [2.75, 3.05) is 0 Å². The highest BCUT2D eigenvalue weighted by molar-refractivity contribution is 7.99. The normalized spacial score (nSPS) is 12.4. The van der Waals surface area contributed by atoms with Gasteiger partial charge in [0.05, 0.1) is 10.9 Å². The molecule has 132 valence electrons. The van der Waals surface area contributed by atoms with Gasteiger partial charge in [-0.25, -0.2) is 0 Å². The van der Waals surface area contributed by atoms with Gasteiger partial charge < -0.3 is 4.52 Å². The molecular weight excluding hydrogens is 336 g/mol. The highest BCUT2D eigenvalue weighted by atomic mass is 32.2. The molecule has 0 spiro atoms. The van der Waals surface area contributed by atoms with Crippen molar-refractivity contribution < 1.29 is 4.52 Å². The van der Waals surface area contributed by atoms with Crippen LogP contribution in [0.25, 0.3) is 5.69 Å². The Morgan fingerprint density at radius 3 is 2.68 bits per heavy atom. The Morgan fingerprint density at radius 1 is 1.20 bits per heavy atom. The Bertz CT molecular complexity index is 798. The van der Waals surface area contributed by atoms with E-state index in [2.05, 4.69) is 56.9 Å². The van der Waals surface area contributed by atoms with Crippen molar-refractivity contribution in [3.8, 4) is 5.69 Å². The molecule has 1 unspecified atom stereocenters. The minimum atomic E-state index is -0.0265. The number of unbranched alkanes of at least 4 members (excludes halogenated alkanes) is 1. The first kappa shape index (κ1) is 17.6. The van der Waals surface area contributed by atoms with Gasteiger partial charge >= 0.3 is 0 Å². The van der Waals surface area contributed by atoms with E-state index in [9.17, 15) is 0 Å². The van der Waals surface area contributed by atoms with E-state index in [0.717, 1.165) is 18.5 Å². The van der Waals surface area contributed by atoms with Gasteiger partial charge in [0.15, 0.2) is 5.82 Å². The minimum Gasteiger partial charge on any atom is -0.338 e. The van der Waals surface area contributed by atoms with E-state index < -0.39 is 0 Å². The van der Waals surface area contributed by atoms with Gasteiger partial charge in [-0.15, -0.1) is 5.10 Å². The zero-order chi connectivity index (χ0) is 17.6. The molecule has 0 saturated heterocycles. The summed E-state index contributed by atoms with van der Waals surface area (Å²) in [5, 5.41) is 16.7. The molecule has 1 aromatic carbocycles. The molecule has 0 amide bonds.